The summed E-state index contributed by atoms with van der Waals surface area (Å²) >= 11 is 0. The third-order valence-corrected chi connectivity index (χ3v) is 3.79. The molecule has 0 saturated heterocycles. The molecule has 0 radical (unpaired) electrons. The van der Waals surface area contributed by atoms with E-state index in [2.05, 4.69) is 37.0 Å². The van der Waals surface area contributed by atoms with E-state index in [0.717, 1.165) is 35.4 Å². The third kappa shape index (κ3) is 2.46. The van der Waals surface area contributed by atoms with Crippen molar-refractivity contribution in [2.75, 3.05) is 0 Å². The molecule has 1 aliphatic carbocycles. The predicted molar refractivity (Wildman–Crippen MR) is 83.8 cm³/mol. The highest BCUT2D eigenvalue weighted by atomic mass is 16.3. The van der Waals surface area contributed by atoms with Gasteiger partial charge in [0, 0.05) is 5.56 Å². The Hall–Kier alpha value is -2.10. The van der Waals surface area contributed by atoms with E-state index in [9.17, 15) is 5.11 Å². The van der Waals surface area contributed by atoms with Gasteiger partial charge >= 0.3 is 0 Å². The van der Waals surface area contributed by atoms with Crippen LogP contribution in [-0.2, 0) is 11.8 Å². The van der Waals surface area contributed by atoms with E-state index in [1.165, 1.54) is 0 Å². The number of benzene rings is 1. The number of phenolic OH excluding ortho intramolecular Hbond substituents is 1. The van der Waals surface area contributed by atoms with Gasteiger partial charge in [-0.1, -0.05) is 32.9 Å². The Morgan fingerprint density at radius 1 is 1.19 bits per heavy atom. The summed E-state index contributed by atoms with van der Waals surface area (Å²) in [5.41, 5.74) is 4.44. The molecule has 0 aliphatic heterocycles. The number of aryl methyl sites for hydroxylation is 2. The number of aromatic hydroxyl groups is 1. The van der Waals surface area contributed by atoms with E-state index >= 15 is 0 Å². The smallest absolute Gasteiger partial charge is 0.146 e. The summed E-state index contributed by atoms with van der Waals surface area (Å²) in [4.78, 5) is 1.57. The summed E-state index contributed by atoms with van der Waals surface area (Å²) in [6, 6.07) is 3.96. The highest BCUT2D eigenvalue weighted by Gasteiger charge is 2.23. The van der Waals surface area contributed by atoms with Crippen molar-refractivity contribution in [1.82, 2.24) is 15.0 Å². The van der Waals surface area contributed by atoms with Gasteiger partial charge in [0.05, 0.1) is 5.69 Å². The second-order valence-electron chi connectivity index (χ2n) is 6.69. The average Bonchev–Trinajstić information content (AvgIpc) is 2.83. The Balaban J connectivity index is 2.17. The average molecular weight is 283 g/mol. The maximum atomic E-state index is 10.6. The van der Waals surface area contributed by atoms with Crippen molar-refractivity contribution in [3.63, 3.8) is 0 Å². The maximum Gasteiger partial charge on any atom is 0.146 e. The van der Waals surface area contributed by atoms with Crippen LogP contribution in [0.25, 0.3) is 11.8 Å². The van der Waals surface area contributed by atoms with Crippen LogP contribution < -0.4 is 0 Å². The number of nitrogens with zero attached hydrogens (tertiary/aromatic N) is 3. The molecule has 0 atom stereocenters. The van der Waals surface area contributed by atoms with Crippen molar-refractivity contribution in [1.29, 1.82) is 0 Å². The SMILES string of the molecule is Cc1cc(-n2nc3c(n2)CCC=C3)c(O)c(C(C)(C)C)c1. The Morgan fingerprint density at radius 2 is 1.95 bits per heavy atom. The fourth-order valence-corrected chi connectivity index (χ4v) is 2.66. The molecule has 1 heterocycles. The van der Waals surface area contributed by atoms with Crippen molar-refractivity contribution in [2.24, 2.45) is 0 Å². The second kappa shape index (κ2) is 4.72. The lowest BCUT2D eigenvalue weighted by Crippen LogP contribution is -2.13. The van der Waals surface area contributed by atoms with Crippen LogP contribution in [0.1, 0.15) is 49.7 Å². The number of fused-ring (bicyclic) bond motifs is 1. The zero-order valence-corrected chi connectivity index (χ0v) is 13.0. The van der Waals surface area contributed by atoms with E-state index in [-0.39, 0.29) is 11.2 Å². The van der Waals surface area contributed by atoms with Gasteiger partial charge in [0.15, 0.2) is 0 Å². The summed E-state index contributed by atoms with van der Waals surface area (Å²) in [6.07, 6.45) is 6.02. The first kappa shape index (κ1) is 13.9. The first-order valence-corrected chi connectivity index (χ1v) is 7.33. The van der Waals surface area contributed by atoms with Gasteiger partial charge in [-0.15, -0.1) is 9.90 Å². The van der Waals surface area contributed by atoms with E-state index < -0.39 is 0 Å². The van der Waals surface area contributed by atoms with Crippen LogP contribution in [0, 0.1) is 6.92 Å². The van der Waals surface area contributed by atoms with Gasteiger partial charge in [-0.3, -0.25) is 0 Å². The lowest BCUT2D eigenvalue weighted by Gasteiger charge is -2.22. The molecule has 2 aromatic rings. The molecule has 4 heteroatoms. The molecule has 1 N–H and O–H groups in total. The number of aromatic nitrogens is 3. The lowest BCUT2D eigenvalue weighted by atomic mass is 9.85. The summed E-state index contributed by atoms with van der Waals surface area (Å²) in [6.45, 7) is 8.31. The molecular weight excluding hydrogens is 262 g/mol. The molecule has 0 amide bonds. The van der Waals surface area contributed by atoms with E-state index in [4.69, 9.17) is 0 Å². The van der Waals surface area contributed by atoms with Crippen molar-refractivity contribution in [3.05, 3.63) is 40.7 Å². The molecule has 0 saturated carbocycles. The Kier molecular flexibility index (Phi) is 3.12. The molecule has 1 aliphatic rings. The Bertz CT molecular complexity index is 720. The van der Waals surface area contributed by atoms with Crippen LogP contribution in [0.15, 0.2) is 18.2 Å². The number of hydrogen-bond donors (Lipinski definition) is 1. The van der Waals surface area contributed by atoms with Crippen molar-refractivity contribution < 1.29 is 5.11 Å². The molecule has 0 spiro atoms. The molecule has 0 bridgehead atoms. The van der Waals surface area contributed by atoms with E-state index in [0.29, 0.717) is 5.69 Å². The van der Waals surface area contributed by atoms with Gasteiger partial charge in [0.25, 0.3) is 0 Å². The number of hydrogen-bond acceptors (Lipinski definition) is 3. The molecule has 3 rings (SSSR count). The van der Waals surface area contributed by atoms with Crippen LogP contribution in [0.3, 0.4) is 0 Å². The molecule has 4 nitrogen and oxygen atoms in total. The highest BCUT2D eigenvalue weighted by molar-refractivity contribution is 5.56. The van der Waals surface area contributed by atoms with Crippen LogP contribution in [-0.4, -0.2) is 20.1 Å². The Labute approximate surface area is 125 Å². The fraction of sp³-hybridized carbons (Fsp3) is 0.412. The summed E-state index contributed by atoms with van der Waals surface area (Å²) in [5, 5.41) is 19.7. The summed E-state index contributed by atoms with van der Waals surface area (Å²) < 4.78 is 0. The molecule has 1 aromatic carbocycles. The second-order valence-corrected chi connectivity index (χ2v) is 6.69. The minimum absolute atomic E-state index is 0.127. The monoisotopic (exact) mass is 283 g/mol. The summed E-state index contributed by atoms with van der Waals surface area (Å²) in [7, 11) is 0. The molecule has 1 aromatic heterocycles. The fourth-order valence-electron chi connectivity index (χ4n) is 2.66. The molecule has 110 valence electrons. The maximum absolute atomic E-state index is 10.6. The van der Waals surface area contributed by atoms with E-state index in [1.54, 1.807) is 4.80 Å². The number of rotatable bonds is 1. The normalized spacial score (nSPS) is 14.3. The van der Waals surface area contributed by atoms with Crippen LogP contribution in [0.4, 0.5) is 0 Å². The zero-order valence-electron chi connectivity index (χ0n) is 13.0. The first-order valence-electron chi connectivity index (χ1n) is 7.33. The van der Waals surface area contributed by atoms with E-state index in [1.807, 2.05) is 25.1 Å². The number of allylic oxidation sites excluding steroid dienone is 1. The van der Waals surface area contributed by atoms with Gasteiger partial charge in [-0.05, 0) is 42.9 Å². The van der Waals surface area contributed by atoms with Gasteiger partial charge < -0.3 is 5.11 Å². The molecular formula is C17H21N3O. The molecule has 21 heavy (non-hydrogen) atoms. The van der Waals surface area contributed by atoms with Gasteiger partial charge in [-0.25, -0.2) is 0 Å². The van der Waals surface area contributed by atoms with Gasteiger partial charge in [0.1, 0.15) is 17.1 Å². The van der Waals surface area contributed by atoms with Crippen LogP contribution >= 0.6 is 0 Å². The predicted octanol–water partition coefficient (Wildman–Crippen LogP) is 3.54. The minimum atomic E-state index is -0.127. The lowest BCUT2D eigenvalue weighted by molar-refractivity contribution is 0.439. The quantitative estimate of drug-likeness (QED) is 0.871. The number of phenols is 1. The molecule has 0 unspecified atom stereocenters. The van der Waals surface area contributed by atoms with Crippen LogP contribution in [0.2, 0.25) is 0 Å². The first-order chi connectivity index (χ1) is 9.86. The topological polar surface area (TPSA) is 50.9 Å². The third-order valence-electron chi connectivity index (χ3n) is 3.79. The van der Waals surface area contributed by atoms with Crippen molar-refractivity contribution in [2.45, 2.75) is 46.0 Å². The van der Waals surface area contributed by atoms with Gasteiger partial charge in [0.2, 0.25) is 0 Å². The molecule has 0 fully saturated rings. The van der Waals surface area contributed by atoms with Crippen LogP contribution in [0.5, 0.6) is 5.75 Å². The zero-order chi connectivity index (χ0) is 15.2. The Morgan fingerprint density at radius 3 is 2.62 bits per heavy atom. The standard InChI is InChI=1S/C17H21N3O/c1-11-9-12(17(2,3)4)16(21)15(10-11)20-18-13-7-5-6-8-14(13)19-20/h5,7,9-10,21H,6,8H2,1-4H3. The summed E-state index contributed by atoms with van der Waals surface area (Å²) in [5.74, 6) is 0.268. The minimum Gasteiger partial charge on any atom is -0.505 e. The van der Waals surface area contributed by atoms with Crippen molar-refractivity contribution in [3.8, 4) is 11.4 Å². The highest BCUT2D eigenvalue weighted by Crippen LogP contribution is 2.36. The largest absolute Gasteiger partial charge is 0.505 e. The van der Waals surface area contributed by atoms with Gasteiger partial charge in [-0.2, -0.15) is 5.10 Å². The van der Waals surface area contributed by atoms with Crippen molar-refractivity contribution >= 4 is 6.08 Å².